The van der Waals surface area contributed by atoms with Crippen LogP contribution in [0.15, 0.2) is 53.5 Å². The van der Waals surface area contributed by atoms with Gasteiger partial charge in [0, 0.05) is 18.6 Å². The minimum absolute atomic E-state index is 0. The van der Waals surface area contributed by atoms with Crippen LogP contribution in [-0.4, -0.2) is 25.5 Å². The van der Waals surface area contributed by atoms with Crippen LogP contribution >= 0.6 is 35.6 Å². The normalized spacial score (nSPS) is 11.9. The molecule has 0 spiro atoms. The lowest BCUT2D eigenvalue weighted by molar-refractivity contribution is -0.119. The number of guanidine groups is 1. The summed E-state index contributed by atoms with van der Waals surface area (Å²) < 4.78 is 5.31. The zero-order chi connectivity index (χ0) is 18.9. The summed E-state index contributed by atoms with van der Waals surface area (Å²) in [5.41, 5.74) is 7.19. The van der Waals surface area contributed by atoms with Gasteiger partial charge in [0.25, 0.3) is 5.91 Å². The third-order valence-electron chi connectivity index (χ3n) is 3.69. The number of nitrogens with zero attached hydrogens (tertiary/aromatic N) is 1. The lowest BCUT2D eigenvalue weighted by Gasteiger charge is -2.18. The van der Waals surface area contributed by atoms with E-state index >= 15 is 0 Å². The fraction of sp³-hybridized carbons (Fsp3) is 0.263. The average Bonchev–Trinajstić information content (AvgIpc) is 2.64. The van der Waals surface area contributed by atoms with Crippen LogP contribution in [0.4, 0.5) is 0 Å². The van der Waals surface area contributed by atoms with Gasteiger partial charge in [-0.1, -0.05) is 35.9 Å². The van der Waals surface area contributed by atoms with Gasteiger partial charge in [0.05, 0.1) is 6.04 Å². The molecule has 146 valence electrons. The molecule has 0 aliphatic rings. The first-order valence-corrected chi connectivity index (χ1v) is 8.58. The molecule has 2 rings (SSSR count). The van der Waals surface area contributed by atoms with E-state index in [2.05, 4.69) is 15.6 Å². The minimum atomic E-state index is -0.505. The smallest absolute Gasteiger partial charge is 0.255 e. The molecule has 0 aliphatic carbocycles. The monoisotopic (exact) mass is 502 g/mol. The van der Waals surface area contributed by atoms with Crippen LogP contribution in [0.1, 0.15) is 24.1 Å². The van der Waals surface area contributed by atoms with Crippen LogP contribution in [-0.2, 0) is 11.3 Å². The van der Waals surface area contributed by atoms with Gasteiger partial charge in [-0.25, -0.2) is 0 Å². The SMILES string of the molecule is CN=C(NCc1cccc(OCC(N)=O)c1)NC(C)c1ccc(Cl)cc1.I. The number of ether oxygens (including phenoxy) is 1. The summed E-state index contributed by atoms with van der Waals surface area (Å²) in [6.45, 7) is 2.47. The van der Waals surface area contributed by atoms with Crippen molar-refractivity contribution < 1.29 is 9.53 Å². The highest BCUT2D eigenvalue weighted by molar-refractivity contribution is 14.0. The van der Waals surface area contributed by atoms with E-state index < -0.39 is 5.91 Å². The van der Waals surface area contributed by atoms with E-state index in [1.165, 1.54) is 0 Å². The number of hydrogen-bond acceptors (Lipinski definition) is 3. The van der Waals surface area contributed by atoms with Crippen molar-refractivity contribution >= 4 is 47.4 Å². The number of halogens is 2. The molecule has 2 aromatic rings. The van der Waals surface area contributed by atoms with Gasteiger partial charge in [0.2, 0.25) is 0 Å². The summed E-state index contributed by atoms with van der Waals surface area (Å²) in [5, 5.41) is 7.30. The molecule has 0 saturated carbocycles. The molecule has 0 aromatic heterocycles. The van der Waals surface area contributed by atoms with Gasteiger partial charge in [-0.15, -0.1) is 24.0 Å². The van der Waals surface area contributed by atoms with Crippen molar-refractivity contribution in [1.29, 1.82) is 0 Å². The molecular weight excluding hydrogens is 479 g/mol. The molecule has 0 fully saturated rings. The number of hydrogen-bond donors (Lipinski definition) is 3. The van der Waals surface area contributed by atoms with Crippen molar-refractivity contribution in [3.63, 3.8) is 0 Å². The first kappa shape index (κ1) is 23.0. The van der Waals surface area contributed by atoms with E-state index in [0.717, 1.165) is 11.1 Å². The Kier molecular flexibility index (Phi) is 9.95. The van der Waals surface area contributed by atoms with E-state index in [0.29, 0.717) is 23.3 Å². The van der Waals surface area contributed by atoms with Crippen molar-refractivity contribution in [2.45, 2.75) is 19.5 Å². The second-order valence-corrected chi connectivity index (χ2v) is 6.18. The van der Waals surface area contributed by atoms with Crippen molar-refractivity contribution in [1.82, 2.24) is 10.6 Å². The number of carbonyl (C=O) groups excluding carboxylic acids is 1. The molecule has 1 unspecified atom stereocenters. The zero-order valence-corrected chi connectivity index (χ0v) is 18.3. The number of primary amides is 1. The average molecular weight is 503 g/mol. The molecular formula is C19H24ClIN4O2. The van der Waals surface area contributed by atoms with E-state index in [1.807, 2.05) is 49.4 Å². The third-order valence-corrected chi connectivity index (χ3v) is 3.94. The fourth-order valence-corrected chi connectivity index (χ4v) is 2.45. The molecule has 2 aromatic carbocycles. The van der Waals surface area contributed by atoms with Crippen LogP contribution < -0.4 is 21.1 Å². The van der Waals surface area contributed by atoms with Crippen LogP contribution in [0.25, 0.3) is 0 Å². The van der Waals surface area contributed by atoms with E-state index in [1.54, 1.807) is 13.1 Å². The summed E-state index contributed by atoms with van der Waals surface area (Å²) in [4.78, 5) is 15.0. The zero-order valence-electron chi connectivity index (χ0n) is 15.2. The second-order valence-electron chi connectivity index (χ2n) is 5.75. The summed E-state index contributed by atoms with van der Waals surface area (Å²) in [5.74, 6) is 0.769. The first-order chi connectivity index (χ1) is 12.5. The first-order valence-electron chi connectivity index (χ1n) is 8.20. The van der Waals surface area contributed by atoms with Crippen molar-refractivity contribution in [2.75, 3.05) is 13.7 Å². The molecule has 0 saturated heterocycles. The summed E-state index contributed by atoms with van der Waals surface area (Å²) in [7, 11) is 1.72. The Balaban J connectivity index is 0.00000364. The van der Waals surface area contributed by atoms with Gasteiger partial charge in [-0.3, -0.25) is 9.79 Å². The molecule has 0 bridgehead atoms. The largest absolute Gasteiger partial charge is 0.484 e. The maximum Gasteiger partial charge on any atom is 0.255 e. The highest BCUT2D eigenvalue weighted by Gasteiger charge is 2.08. The number of carbonyl (C=O) groups is 1. The maximum atomic E-state index is 10.8. The molecule has 27 heavy (non-hydrogen) atoms. The number of aliphatic imine (C=N–C) groups is 1. The van der Waals surface area contributed by atoms with Gasteiger partial charge in [-0.2, -0.15) is 0 Å². The van der Waals surface area contributed by atoms with E-state index in [-0.39, 0.29) is 36.6 Å². The lowest BCUT2D eigenvalue weighted by atomic mass is 10.1. The molecule has 1 amide bonds. The third kappa shape index (κ3) is 8.04. The molecule has 0 aliphatic heterocycles. The van der Waals surface area contributed by atoms with Crippen LogP contribution in [0.5, 0.6) is 5.75 Å². The molecule has 1 atom stereocenters. The highest BCUT2D eigenvalue weighted by Crippen LogP contribution is 2.16. The fourth-order valence-electron chi connectivity index (χ4n) is 2.32. The van der Waals surface area contributed by atoms with Crippen LogP contribution in [0.2, 0.25) is 5.02 Å². The standard InChI is InChI=1S/C19H23ClN4O2.HI/c1-13(15-6-8-16(20)9-7-15)24-19(22-2)23-11-14-4-3-5-17(10-14)26-12-18(21)25;/h3-10,13H,11-12H2,1-2H3,(H2,21,25)(H2,22,23,24);1H. The maximum absolute atomic E-state index is 10.8. The highest BCUT2D eigenvalue weighted by atomic mass is 127. The number of nitrogens with one attached hydrogen (secondary N) is 2. The van der Waals surface area contributed by atoms with Crippen LogP contribution in [0, 0.1) is 0 Å². The Bertz CT molecular complexity index is 769. The Morgan fingerprint density at radius 1 is 1.26 bits per heavy atom. The summed E-state index contributed by atoms with van der Waals surface area (Å²) in [6, 6.07) is 15.2. The molecule has 0 radical (unpaired) electrons. The molecule has 6 nitrogen and oxygen atoms in total. The Morgan fingerprint density at radius 3 is 2.59 bits per heavy atom. The van der Waals surface area contributed by atoms with Crippen molar-refractivity contribution in [2.24, 2.45) is 10.7 Å². The van der Waals surface area contributed by atoms with Gasteiger partial charge in [0.1, 0.15) is 5.75 Å². The predicted molar refractivity (Wildman–Crippen MR) is 120 cm³/mol. The minimum Gasteiger partial charge on any atom is -0.484 e. The van der Waals surface area contributed by atoms with Gasteiger partial charge in [0.15, 0.2) is 12.6 Å². The van der Waals surface area contributed by atoms with E-state index in [4.69, 9.17) is 22.1 Å². The van der Waals surface area contributed by atoms with Crippen molar-refractivity contribution in [3.05, 3.63) is 64.7 Å². The molecule has 4 N–H and O–H groups in total. The van der Waals surface area contributed by atoms with E-state index in [9.17, 15) is 4.79 Å². The topological polar surface area (TPSA) is 88.7 Å². The number of nitrogens with two attached hydrogens (primary N) is 1. The second kappa shape index (κ2) is 11.7. The Labute approximate surface area is 181 Å². The lowest BCUT2D eigenvalue weighted by Crippen LogP contribution is -2.38. The van der Waals surface area contributed by atoms with Gasteiger partial charge in [-0.05, 0) is 42.3 Å². The van der Waals surface area contributed by atoms with Gasteiger partial charge < -0.3 is 21.1 Å². The number of benzene rings is 2. The summed E-state index contributed by atoms with van der Waals surface area (Å²) in [6.07, 6.45) is 0. The number of amides is 1. The Morgan fingerprint density at radius 2 is 1.96 bits per heavy atom. The van der Waals surface area contributed by atoms with Crippen molar-refractivity contribution in [3.8, 4) is 5.75 Å². The quantitative estimate of drug-likeness (QED) is 0.308. The summed E-state index contributed by atoms with van der Waals surface area (Å²) >= 11 is 5.93. The number of rotatable bonds is 7. The molecule has 0 heterocycles. The Hall–Kier alpha value is -2.00. The predicted octanol–water partition coefficient (Wildman–Crippen LogP) is 3.25. The molecule has 8 heteroatoms. The van der Waals surface area contributed by atoms with Crippen LogP contribution in [0.3, 0.4) is 0 Å². The van der Waals surface area contributed by atoms with Gasteiger partial charge >= 0.3 is 0 Å².